The summed E-state index contributed by atoms with van der Waals surface area (Å²) in [7, 11) is 0. The lowest BCUT2D eigenvalue weighted by Crippen LogP contribution is -2.04. The van der Waals surface area contributed by atoms with Crippen LogP contribution >= 0.6 is 11.8 Å². The molecule has 3 aromatic rings. The lowest BCUT2D eigenvalue weighted by Gasteiger charge is -2.08. The minimum Gasteiger partial charge on any atom is -0.273 e. The molecule has 0 amide bonds. The van der Waals surface area contributed by atoms with E-state index in [9.17, 15) is 13.2 Å². The summed E-state index contributed by atoms with van der Waals surface area (Å²) in [5.74, 6) is 0. The Kier molecular flexibility index (Phi) is 4.17. The highest BCUT2D eigenvalue weighted by Gasteiger charge is 2.33. The number of hydrogen-bond donors (Lipinski definition) is 1. The van der Waals surface area contributed by atoms with Crippen LogP contribution in [0.2, 0.25) is 0 Å². The predicted octanol–water partition coefficient (Wildman–Crippen LogP) is 5.48. The van der Waals surface area contributed by atoms with Crippen LogP contribution in [0.3, 0.4) is 0 Å². The molecular weight excluding hydrogens is 321 g/mol. The summed E-state index contributed by atoms with van der Waals surface area (Å²) in [6.45, 7) is 0. The normalized spacial score (nSPS) is 11.7. The van der Waals surface area contributed by atoms with Crippen molar-refractivity contribution in [1.29, 1.82) is 0 Å². The summed E-state index contributed by atoms with van der Waals surface area (Å²) in [6.07, 6.45) is -2.44. The topological polar surface area (TPSA) is 28.7 Å². The largest absolute Gasteiger partial charge is 0.432 e. The number of nitrogens with zero attached hydrogens (tertiary/aromatic N) is 1. The summed E-state index contributed by atoms with van der Waals surface area (Å²) in [6, 6.07) is 16.2. The van der Waals surface area contributed by atoms with E-state index in [1.165, 1.54) is 0 Å². The Morgan fingerprint density at radius 3 is 2.17 bits per heavy atom. The summed E-state index contributed by atoms with van der Waals surface area (Å²) in [4.78, 5) is 1.13. The van der Waals surface area contributed by atoms with Crippen molar-refractivity contribution in [2.24, 2.45) is 0 Å². The number of rotatable bonds is 3. The van der Waals surface area contributed by atoms with E-state index in [-0.39, 0.29) is 5.69 Å². The van der Waals surface area contributed by atoms with E-state index < -0.39 is 11.9 Å². The lowest BCUT2D eigenvalue weighted by atomic mass is 9.98. The van der Waals surface area contributed by atoms with Crippen molar-refractivity contribution < 1.29 is 13.2 Å². The van der Waals surface area contributed by atoms with Crippen LogP contribution < -0.4 is 0 Å². The van der Waals surface area contributed by atoms with Gasteiger partial charge in [-0.1, -0.05) is 36.4 Å². The SMILES string of the molecule is CSc1ccc(-c2ccccc2-c2cc(C(F)(F)F)[nH]n2)cc1. The Morgan fingerprint density at radius 1 is 0.957 bits per heavy atom. The molecule has 3 rings (SSSR count). The highest BCUT2D eigenvalue weighted by molar-refractivity contribution is 7.98. The lowest BCUT2D eigenvalue weighted by molar-refractivity contribution is -0.141. The number of alkyl halides is 3. The standard InChI is InChI=1S/C17H13F3N2S/c1-23-12-8-6-11(7-9-12)13-4-2-3-5-14(13)15-10-16(22-21-15)17(18,19)20/h2-10H,1H3,(H,21,22). The van der Waals surface area contributed by atoms with E-state index >= 15 is 0 Å². The number of nitrogens with one attached hydrogen (secondary N) is 1. The van der Waals surface area contributed by atoms with Crippen LogP contribution in [0.25, 0.3) is 22.4 Å². The van der Waals surface area contributed by atoms with E-state index in [2.05, 4.69) is 10.2 Å². The van der Waals surface area contributed by atoms with E-state index in [1.807, 2.05) is 42.7 Å². The van der Waals surface area contributed by atoms with Crippen LogP contribution in [0.1, 0.15) is 5.69 Å². The third-order valence-corrected chi connectivity index (χ3v) is 4.23. The van der Waals surface area contributed by atoms with Crippen molar-refractivity contribution in [3.8, 4) is 22.4 Å². The Morgan fingerprint density at radius 2 is 1.61 bits per heavy atom. The maximum absolute atomic E-state index is 12.8. The van der Waals surface area contributed by atoms with Gasteiger partial charge in [0.2, 0.25) is 0 Å². The fourth-order valence-corrected chi connectivity index (χ4v) is 2.74. The monoisotopic (exact) mass is 334 g/mol. The van der Waals surface area contributed by atoms with Crippen LogP contribution in [0.15, 0.2) is 59.5 Å². The van der Waals surface area contributed by atoms with Gasteiger partial charge in [0.25, 0.3) is 0 Å². The molecule has 0 aliphatic carbocycles. The first-order valence-corrected chi connectivity index (χ1v) is 8.08. The predicted molar refractivity (Wildman–Crippen MR) is 86.2 cm³/mol. The van der Waals surface area contributed by atoms with Crippen molar-refractivity contribution in [3.63, 3.8) is 0 Å². The van der Waals surface area contributed by atoms with Crippen LogP contribution in [0.5, 0.6) is 0 Å². The zero-order chi connectivity index (χ0) is 16.4. The fourth-order valence-electron chi connectivity index (χ4n) is 2.33. The Bertz CT molecular complexity index is 807. The Labute approximate surface area is 135 Å². The van der Waals surface area contributed by atoms with Crippen LogP contribution in [-0.2, 0) is 6.18 Å². The Hall–Kier alpha value is -2.21. The highest BCUT2D eigenvalue weighted by Crippen LogP contribution is 2.35. The smallest absolute Gasteiger partial charge is 0.273 e. The van der Waals surface area contributed by atoms with Gasteiger partial charge in [0.1, 0.15) is 5.69 Å². The quantitative estimate of drug-likeness (QED) is 0.642. The van der Waals surface area contributed by atoms with E-state index in [4.69, 9.17) is 0 Å². The molecule has 0 saturated heterocycles. The van der Waals surface area contributed by atoms with Crippen molar-refractivity contribution >= 4 is 11.8 Å². The minimum absolute atomic E-state index is 0.280. The first kappa shape index (κ1) is 15.7. The second kappa shape index (κ2) is 6.12. The molecule has 0 atom stereocenters. The summed E-state index contributed by atoms with van der Waals surface area (Å²) >= 11 is 1.64. The van der Waals surface area contributed by atoms with Gasteiger partial charge in [0.05, 0.1) is 5.69 Å². The van der Waals surface area contributed by atoms with Gasteiger partial charge in [0.15, 0.2) is 0 Å². The molecule has 118 valence electrons. The van der Waals surface area contributed by atoms with E-state index in [1.54, 1.807) is 23.9 Å². The molecule has 1 N–H and O–H groups in total. The second-order valence-corrected chi connectivity index (χ2v) is 5.82. The van der Waals surface area contributed by atoms with Crippen LogP contribution in [-0.4, -0.2) is 16.5 Å². The summed E-state index contributed by atoms with van der Waals surface area (Å²) in [5, 5.41) is 5.89. The molecule has 23 heavy (non-hydrogen) atoms. The molecule has 1 aromatic heterocycles. The van der Waals surface area contributed by atoms with Gasteiger partial charge in [-0.25, -0.2) is 0 Å². The molecule has 0 aliphatic heterocycles. The molecule has 6 heteroatoms. The van der Waals surface area contributed by atoms with Gasteiger partial charge >= 0.3 is 6.18 Å². The van der Waals surface area contributed by atoms with Crippen LogP contribution in [0.4, 0.5) is 13.2 Å². The first-order chi connectivity index (χ1) is 11.0. The minimum atomic E-state index is -4.43. The average molecular weight is 334 g/mol. The molecule has 2 nitrogen and oxygen atoms in total. The average Bonchev–Trinajstić information content (AvgIpc) is 3.05. The third kappa shape index (κ3) is 3.27. The molecule has 2 aromatic carbocycles. The molecule has 0 fully saturated rings. The molecule has 0 bridgehead atoms. The first-order valence-electron chi connectivity index (χ1n) is 6.85. The summed E-state index contributed by atoms with van der Waals surface area (Å²) in [5.41, 5.74) is 1.88. The number of H-pyrrole nitrogens is 1. The van der Waals surface area contributed by atoms with Crippen molar-refractivity contribution in [3.05, 3.63) is 60.3 Å². The number of hydrogen-bond acceptors (Lipinski definition) is 2. The Balaban J connectivity index is 2.05. The summed E-state index contributed by atoms with van der Waals surface area (Å²) < 4.78 is 38.3. The molecule has 0 unspecified atom stereocenters. The number of aromatic nitrogens is 2. The van der Waals surface area contributed by atoms with Crippen molar-refractivity contribution in [2.75, 3.05) is 6.26 Å². The zero-order valence-electron chi connectivity index (χ0n) is 12.2. The maximum Gasteiger partial charge on any atom is 0.432 e. The molecule has 0 spiro atoms. The zero-order valence-corrected chi connectivity index (χ0v) is 13.0. The number of halogens is 3. The highest BCUT2D eigenvalue weighted by atomic mass is 32.2. The van der Waals surface area contributed by atoms with Gasteiger partial charge in [-0.05, 0) is 35.6 Å². The number of aromatic amines is 1. The van der Waals surface area contributed by atoms with E-state index in [0.717, 1.165) is 22.1 Å². The van der Waals surface area contributed by atoms with Gasteiger partial charge in [0, 0.05) is 10.5 Å². The van der Waals surface area contributed by atoms with Crippen molar-refractivity contribution in [1.82, 2.24) is 10.2 Å². The number of benzene rings is 2. The molecule has 0 saturated carbocycles. The van der Waals surface area contributed by atoms with Gasteiger partial charge in [-0.3, -0.25) is 5.10 Å². The molecular formula is C17H13F3N2S. The fraction of sp³-hybridized carbons (Fsp3) is 0.118. The van der Waals surface area contributed by atoms with E-state index in [0.29, 0.717) is 5.56 Å². The molecule has 0 radical (unpaired) electrons. The number of thioether (sulfide) groups is 1. The van der Waals surface area contributed by atoms with Gasteiger partial charge in [-0.15, -0.1) is 11.8 Å². The maximum atomic E-state index is 12.8. The van der Waals surface area contributed by atoms with Gasteiger partial charge in [-0.2, -0.15) is 18.3 Å². The third-order valence-electron chi connectivity index (χ3n) is 3.49. The molecule has 0 aliphatic rings. The molecule has 1 heterocycles. The van der Waals surface area contributed by atoms with Crippen LogP contribution in [0, 0.1) is 0 Å². The second-order valence-electron chi connectivity index (χ2n) is 4.94. The van der Waals surface area contributed by atoms with Gasteiger partial charge < -0.3 is 0 Å². The van der Waals surface area contributed by atoms with Crippen molar-refractivity contribution in [2.45, 2.75) is 11.1 Å².